The molecule has 2 N–H and O–H groups in total. The lowest BCUT2D eigenvalue weighted by Gasteiger charge is -2.09. The van der Waals surface area contributed by atoms with Crippen molar-refractivity contribution in [3.8, 4) is 0 Å². The molecule has 4 aromatic rings. The van der Waals surface area contributed by atoms with Crippen LogP contribution < -0.4 is 5.73 Å². The highest BCUT2D eigenvalue weighted by atomic mass is 19.1. The Morgan fingerprint density at radius 1 is 1.20 bits per heavy atom. The average molecular weight is 337 g/mol. The number of hydrogen-bond acceptors (Lipinski definition) is 4. The van der Waals surface area contributed by atoms with Crippen LogP contribution in [0.4, 0.5) is 15.0 Å². The summed E-state index contributed by atoms with van der Waals surface area (Å²) in [4.78, 5) is 17.1. The number of nitrogens with two attached hydrogens (primary N) is 1. The van der Waals surface area contributed by atoms with E-state index in [-0.39, 0.29) is 6.61 Å². The van der Waals surface area contributed by atoms with Gasteiger partial charge in [-0.3, -0.25) is 0 Å². The van der Waals surface area contributed by atoms with Crippen molar-refractivity contribution in [2.45, 2.75) is 13.8 Å². The SMILES string of the molecule is CCOC(=O)n1c2cc(C)ccc2c2nc(N)c3ccc(F)cc3c21. The van der Waals surface area contributed by atoms with Crippen LogP contribution in [0.25, 0.3) is 32.7 Å². The number of carbonyl (C=O) groups excluding carboxylic acids is 1. The minimum Gasteiger partial charge on any atom is -0.449 e. The van der Waals surface area contributed by atoms with Crippen molar-refractivity contribution in [2.75, 3.05) is 12.3 Å². The van der Waals surface area contributed by atoms with Gasteiger partial charge in [-0.05, 0) is 43.7 Å². The maximum Gasteiger partial charge on any atom is 0.419 e. The number of pyridine rings is 1. The summed E-state index contributed by atoms with van der Waals surface area (Å²) in [7, 11) is 0. The number of hydrogen-bond donors (Lipinski definition) is 1. The molecule has 0 bridgehead atoms. The molecule has 0 saturated heterocycles. The predicted octanol–water partition coefficient (Wildman–Crippen LogP) is 4.38. The van der Waals surface area contributed by atoms with Gasteiger partial charge in [0.05, 0.1) is 23.2 Å². The molecule has 0 aliphatic carbocycles. The number of aromatic nitrogens is 2. The monoisotopic (exact) mass is 337 g/mol. The molecule has 0 fully saturated rings. The fourth-order valence-electron chi connectivity index (χ4n) is 3.24. The molecule has 5 nitrogen and oxygen atoms in total. The van der Waals surface area contributed by atoms with Crippen molar-refractivity contribution in [3.05, 3.63) is 47.8 Å². The van der Waals surface area contributed by atoms with E-state index in [9.17, 15) is 9.18 Å². The number of nitrogens with zero attached hydrogens (tertiary/aromatic N) is 2. The summed E-state index contributed by atoms with van der Waals surface area (Å²) >= 11 is 0. The summed E-state index contributed by atoms with van der Waals surface area (Å²) in [5.41, 5.74) is 8.79. The van der Waals surface area contributed by atoms with Gasteiger partial charge in [-0.1, -0.05) is 12.1 Å². The van der Waals surface area contributed by atoms with Gasteiger partial charge in [0.25, 0.3) is 0 Å². The summed E-state index contributed by atoms with van der Waals surface area (Å²) in [6.07, 6.45) is -0.523. The van der Waals surface area contributed by atoms with Crippen LogP contribution in [0.1, 0.15) is 12.5 Å². The Hall–Kier alpha value is -3.15. The van der Waals surface area contributed by atoms with Crippen molar-refractivity contribution in [3.63, 3.8) is 0 Å². The van der Waals surface area contributed by atoms with Gasteiger partial charge >= 0.3 is 6.09 Å². The topological polar surface area (TPSA) is 70.1 Å². The summed E-state index contributed by atoms with van der Waals surface area (Å²) < 4.78 is 20.6. The fraction of sp³-hybridized carbons (Fsp3) is 0.158. The smallest absolute Gasteiger partial charge is 0.419 e. The quantitative estimate of drug-likeness (QED) is 0.560. The molecule has 0 radical (unpaired) electrons. The molecule has 0 spiro atoms. The van der Waals surface area contributed by atoms with Gasteiger partial charge < -0.3 is 10.5 Å². The molecule has 2 heterocycles. The van der Waals surface area contributed by atoms with Gasteiger partial charge in [0.2, 0.25) is 0 Å². The number of ether oxygens (including phenoxy) is 1. The van der Waals surface area contributed by atoms with E-state index in [2.05, 4.69) is 4.98 Å². The maximum atomic E-state index is 13.9. The van der Waals surface area contributed by atoms with Gasteiger partial charge in [-0.15, -0.1) is 0 Å². The highest BCUT2D eigenvalue weighted by Crippen LogP contribution is 2.35. The van der Waals surface area contributed by atoms with Gasteiger partial charge in [-0.2, -0.15) is 0 Å². The van der Waals surface area contributed by atoms with Crippen molar-refractivity contribution < 1.29 is 13.9 Å². The van der Waals surface area contributed by atoms with Gasteiger partial charge in [0, 0.05) is 16.2 Å². The summed E-state index contributed by atoms with van der Waals surface area (Å²) in [6.45, 7) is 3.91. The third-order valence-corrected chi connectivity index (χ3v) is 4.29. The second kappa shape index (κ2) is 5.44. The Morgan fingerprint density at radius 2 is 1.96 bits per heavy atom. The zero-order valence-electron chi connectivity index (χ0n) is 13.8. The van der Waals surface area contributed by atoms with Gasteiger partial charge in [0.15, 0.2) is 0 Å². The first-order valence-electron chi connectivity index (χ1n) is 7.98. The molecule has 4 rings (SSSR count). The van der Waals surface area contributed by atoms with Crippen molar-refractivity contribution in [1.82, 2.24) is 9.55 Å². The molecule has 2 aromatic carbocycles. The molecular formula is C19H16FN3O2. The fourth-order valence-corrected chi connectivity index (χ4v) is 3.24. The predicted molar refractivity (Wildman–Crippen MR) is 96.3 cm³/mol. The number of carbonyl (C=O) groups is 1. The Kier molecular flexibility index (Phi) is 3.35. The van der Waals surface area contributed by atoms with Crippen LogP contribution in [-0.4, -0.2) is 22.3 Å². The summed E-state index contributed by atoms with van der Waals surface area (Å²) in [5.74, 6) is -0.109. The van der Waals surface area contributed by atoms with E-state index in [0.29, 0.717) is 33.1 Å². The second-order valence-electron chi connectivity index (χ2n) is 5.94. The van der Waals surface area contributed by atoms with Crippen LogP contribution in [0.2, 0.25) is 0 Å². The molecule has 0 atom stereocenters. The molecule has 2 aromatic heterocycles. The minimum atomic E-state index is -0.523. The van der Waals surface area contributed by atoms with E-state index < -0.39 is 11.9 Å². The molecule has 0 aliphatic rings. The van der Waals surface area contributed by atoms with Crippen LogP contribution >= 0.6 is 0 Å². The number of aryl methyl sites for hydroxylation is 1. The van der Waals surface area contributed by atoms with E-state index >= 15 is 0 Å². The average Bonchev–Trinajstić information content (AvgIpc) is 2.88. The van der Waals surface area contributed by atoms with Crippen molar-refractivity contribution >= 4 is 44.6 Å². The van der Waals surface area contributed by atoms with Crippen LogP contribution in [0.5, 0.6) is 0 Å². The van der Waals surface area contributed by atoms with Crippen LogP contribution in [0.3, 0.4) is 0 Å². The molecule has 0 saturated carbocycles. The Morgan fingerprint density at radius 3 is 2.72 bits per heavy atom. The first kappa shape index (κ1) is 15.4. The van der Waals surface area contributed by atoms with Crippen LogP contribution in [-0.2, 0) is 4.74 Å². The molecule has 0 amide bonds. The third kappa shape index (κ3) is 2.21. The molecule has 25 heavy (non-hydrogen) atoms. The van der Waals surface area contributed by atoms with E-state index in [0.717, 1.165) is 10.9 Å². The lowest BCUT2D eigenvalue weighted by atomic mass is 10.1. The van der Waals surface area contributed by atoms with Crippen molar-refractivity contribution in [1.29, 1.82) is 0 Å². The molecule has 6 heteroatoms. The summed E-state index contributed by atoms with van der Waals surface area (Å²) in [6, 6.07) is 9.98. The minimum absolute atomic E-state index is 0.237. The normalized spacial score (nSPS) is 11.5. The standard InChI is InChI=1S/C19H16FN3O2/c1-3-25-19(24)23-15-8-10(2)4-6-13(15)16-17(23)14-9-11(20)5-7-12(14)18(21)22-16/h4-9H,3H2,1-2H3,(H2,21,22). The maximum absolute atomic E-state index is 13.9. The van der Waals surface area contributed by atoms with Crippen molar-refractivity contribution in [2.24, 2.45) is 0 Å². The molecule has 126 valence electrons. The van der Waals surface area contributed by atoms with E-state index in [1.165, 1.54) is 16.7 Å². The number of nitrogen functional groups attached to an aromatic ring is 1. The molecular weight excluding hydrogens is 321 g/mol. The first-order chi connectivity index (χ1) is 12.0. The van der Waals surface area contributed by atoms with E-state index in [1.54, 1.807) is 13.0 Å². The van der Waals surface area contributed by atoms with Gasteiger partial charge in [-0.25, -0.2) is 18.7 Å². The number of anilines is 1. The lowest BCUT2D eigenvalue weighted by molar-refractivity contribution is 0.156. The molecule has 0 aliphatic heterocycles. The third-order valence-electron chi connectivity index (χ3n) is 4.29. The van der Waals surface area contributed by atoms with E-state index in [1.807, 2.05) is 25.1 Å². The zero-order chi connectivity index (χ0) is 17.7. The Labute approximate surface area is 142 Å². The Bertz CT molecular complexity index is 1160. The van der Waals surface area contributed by atoms with Crippen LogP contribution in [0.15, 0.2) is 36.4 Å². The Balaban J connectivity index is 2.29. The first-order valence-corrected chi connectivity index (χ1v) is 7.98. The van der Waals surface area contributed by atoms with Gasteiger partial charge in [0.1, 0.15) is 11.6 Å². The highest BCUT2D eigenvalue weighted by Gasteiger charge is 2.21. The van der Waals surface area contributed by atoms with E-state index in [4.69, 9.17) is 10.5 Å². The second-order valence-corrected chi connectivity index (χ2v) is 5.94. The number of fused-ring (bicyclic) bond motifs is 5. The zero-order valence-corrected chi connectivity index (χ0v) is 13.8. The number of rotatable bonds is 1. The highest BCUT2D eigenvalue weighted by molar-refractivity contribution is 6.20. The molecule has 0 unspecified atom stereocenters. The number of halogens is 1. The lowest BCUT2D eigenvalue weighted by Crippen LogP contribution is -2.13. The summed E-state index contributed by atoms with van der Waals surface area (Å²) in [5, 5.41) is 1.90. The number of benzene rings is 2. The van der Waals surface area contributed by atoms with Crippen LogP contribution in [0, 0.1) is 12.7 Å². The largest absolute Gasteiger partial charge is 0.449 e.